The fourth-order valence-electron chi connectivity index (χ4n) is 5.00. The fourth-order valence-corrected chi connectivity index (χ4v) is 5.25. The number of hydrogen-bond acceptors (Lipinski definition) is 4. The Morgan fingerprint density at radius 3 is 2.47 bits per heavy atom. The predicted molar refractivity (Wildman–Crippen MR) is 133 cm³/mol. The Morgan fingerprint density at radius 1 is 1.09 bits per heavy atom. The zero-order valence-corrected chi connectivity index (χ0v) is 20.5. The van der Waals surface area contributed by atoms with Gasteiger partial charge in [0.15, 0.2) is 0 Å². The monoisotopic (exact) mass is 486 g/mol. The van der Waals surface area contributed by atoms with Gasteiger partial charge in [-0.05, 0) is 56.8 Å². The standard InChI is InChI=1S/C26H32ClFN4O2/c1-30(2)17-24(33)29-11-5-7-18-6-3-8-21(12-18)31-13-19-15-32(16-20(19)14-31)26(34)25-22(27)9-4-10-23(25)28/h3-4,6,8-10,12,19-20H,5,7,11,13-17H2,1-2H3,(H,29,33). The van der Waals surface area contributed by atoms with Crippen LogP contribution >= 0.6 is 11.6 Å². The maximum atomic E-state index is 14.2. The summed E-state index contributed by atoms with van der Waals surface area (Å²) < 4.78 is 14.2. The van der Waals surface area contributed by atoms with E-state index in [9.17, 15) is 14.0 Å². The van der Waals surface area contributed by atoms with Gasteiger partial charge in [0.05, 0.1) is 17.1 Å². The quantitative estimate of drug-likeness (QED) is 0.582. The van der Waals surface area contributed by atoms with Gasteiger partial charge in [-0.2, -0.15) is 0 Å². The third-order valence-corrected chi connectivity index (χ3v) is 6.97. The van der Waals surface area contributed by atoms with Crippen LogP contribution in [0.2, 0.25) is 5.02 Å². The molecule has 182 valence electrons. The summed E-state index contributed by atoms with van der Waals surface area (Å²) in [5.74, 6) is -0.101. The summed E-state index contributed by atoms with van der Waals surface area (Å²) in [6, 6.07) is 12.9. The number of amides is 2. The van der Waals surface area contributed by atoms with Gasteiger partial charge in [-0.25, -0.2) is 4.39 Å². The van der Waals surface area contributed by atoms with Gasteiger partial charge < -0.3 is 20.0 Å². The van der Waals surface area contributed by atoms with Crippen LogP contribution in [0, 0.1) is 17.7 Å². The minimum absolute atomic E-state index is 0.0217. The van der Waals surface area contributed by atoms with Crippen molar-refractivity contribution in [2.24, 2.45) is 11.8 Å². The number of nitrogens with zero attached hydrogens (tertiary/aromatic N) is 3. The highest BCUT2D eigenvalue weighted by Crippen LogP contribution is 2.35. The summed E-state index contributed by atoms with van der Waals surface area (Å²) in [5, 5.41) is 3.12. The number of nitrogens with one attached hydrogen (secondary N) is 1. The SMILES string of the molecule is CN(C)CC(=O)NCCCc1cccc(N2CC3CN(C(=O)c4c(F)cccc4Cl)CC3C2)c1. The Hall–Kier alpha value is -2.64. The van der Waals surface area contributed by atoms with Crippen molar-refractivity contribution in [2.75, 3.05) is 58.3 Å². The van der Waals surface area contributed by atoms with Crippen LogP contribution in [0.1, 0.15) is 22.3 Å². The van der Waals surface area contributed by atoms with Crippen LogP contribution in [-0.4, -0.2) is 75.0 Å². The van der Waals surface area contributed by atoms with E-state index in [1.165, 1.54) is 23.4 Å². The molecular formula is C26H32ClFN4O2. The first-order valence-corrected chi connectivity index (χ1v) is 12.2. The molecule has 0 aliphatic carbocycles. The molecule has 2 aliphatic heterocycles. The number of carbonyl (C=O) groups excluding carboxylic acids is 2. The first-order chi connectivity index (χ1) is 16.3. The molecule has 34 heavy (non-hydrogen) atoms. The molecule has 2 aromatic carbocycles. The van der Waals surface area contributed by atoms with Gasteiger partial charge in [0.25, 0.3) is 5.91 Å². The predicted octanol–water partition coefficient (Wildman–Crippen LogP) is 3.30. The summed E-state index contributed by atoms with van der Waals surface area (Å²) in [4.78, 5) is 30.6. The average Bonchev–Trinajstić information content (AvgIpc) is 3.36. The van der Waals surface area contributed by atoms with Gasteiger partial charge >= 0.3 is 0 Å². The zero-order chi connectivity index (χ0) is 24.2. The molecule has 0 saturated carbocycles. The molecule has 6 nitrogen and oxygen atoms in total. The van der Waals surface area contributed by atoms with Crippen LogP contribution in [0.25, 0.3) is 0 Å². The molecule has 2 aliphatic rings. The van der Waals surface area contributed by atoms with Gasteiger partial charge in [-0.1, -0.05) is 29.8 Å². The Kier molecular flexibility index (Phi) is 7.73. The molecule has 2 aromatic rings. The van der Waals surface area contributed by atoms with Crippen LogP contribution < -0.4 is 10.2 Å². The van der Waals surface area contributed by atoms with Crippen molar-refractivity contribution < 1.29 is 14.0 Å². The summed E-state index contributed by atoms with van der Waals surface area (Å²) in [6.07, 6.45) is 1.80. The van der Waals surface area contributed by atoms with Gasteiger partial charge in [-0.3, -0.25) is 9.59 Å². The smallest absolute Gasteiger partial charge is 0.258 e. The number of rotatable bonds is 8. The van der Waals surface area contributed by atoms with E-state index in [0.29, 0.717) is 38.0 Å². The van der Waals surface area contributed by atoms with E-state index >= 15 is 0 Å². The van der Waals surface area contributed by atoms with Crippen molar-refractivity contribution in [1.82, 2.24) is 15.1 Å². The topological polar surface area (TPSA) is 55.9 Å². The van der Waals surface area contributed by atoms with Crippen LogP contribution in [0.4, 0.5) is 10.1 Å². The van der Waals surface area contributed by atoms with Crippen molar-refractivity contribution in [3.63, 3.8) is 0 Å². The van der Waals surface area contributed by atoms with Crippen molar-refractivity contribution in [2.45, 2.75) is 12.8 Å². The minimum Gasteiger partial charge on any atom is -0.371 e. The lowest BCUT2D eigenvalue weighted by Gasteiger charge is -2.24. The molecule has 8 heteroatoms. The number of carbonyl (C=O) groups is 2. The van der Waals surface area contributed by atoms with Gasteiger partial charge in [-0.15, -0.1) is 0 Å². The third kappa shape index (κ3) is 5.70. The Morgan fingerprint density at radius 2 is 1.79 bits per heavy atom. The number of aryl methyl sites for hydroxylation is 1. The first-order valence-electron chi connectivity index (χ1n) is 11.8. The number of anilines is 1. The number of halogens is 2. The molecule has 2 heterocycles. The normalized spacial score (nSPS) is 19.6. The molecule has 0 radical (unpaired) electrons. The Bertz CT molecular complexity index is 1010. The van der Waals surface area contributed by atoms with Crippen molar-refractivity contribution >= 4 is 29.1 Å². The van der Waals surface area contributed by atoms with Crippen LogP contribution in [0.15, 0.2) is 42.5 Å². The van der Waals surface area contributed by atoms with Gasteiger partial charge in [0.2, 0.25) is 5.91 Å². The zero-order valence-electron chi connectivity index (χ0n) is 19.8. The van der Waals surface area contributed by atoms with Crippen LogP contribution in [0.3, 0.4) is 0 Å². The lowest BCUT2D eigenvalue weighted by Crippen LogP contribution is -2.34. The van der Waals surface area contributed by atoms with E-state index in [2.05, 4.69) is 34.5 Å². The van der Waals surface area contributed by atoms with Crippen LogP contribution in [-0.2, 0) is 11.2 Å². The van der Waals surface area contributed by atoms with Crippen molar-refractivity contribution in [3.8, 4) is 0 Å². The lowest BCUT2D eigenvalue weighted by molar-refractivity contribution is -0.121. The minimum atomic E-state index is -0.565. The third-order valence-electron chi connectivity index (χ3n) is 6.65. The highest BCUT2D eigenvalue weighted by atomic mass is 35.5. The Balaban J connectivity index is 1.29. The number of likely N-dealkylation sites (N-methyl/N-ethyl adjacent to an activating group) is 1. The molecule has 2 fully saturated rings. The fraction of sp³-hybridized carbons (Fsp3) is 0.462. The van der Waals surface area contributed by atoms with E-state index < -0.39 is 5.82 Å². The molecular weight excluding hydrogens is 455 g/mol. The molecule has 0 bridgehead atoms. The van der Waals surface area contributed by atoms with Gasteiger partial charge in [0.1, 0.15) is 5.82 Å². The van der Waals surface area contributed by atoms with Gasteiger partial charge in [0, 0.05) is 50.2 Å². The summed E-state index contributed by atoms with van der Waals surface area (Å²) in [5.41, 5.74) is 2.42. The van der Waals surface area contributed by atoms with Crippen molar-refractivity contribution in [3.05, 3.63) is 64.4 Å². The maximum Gasteiger partial charge on any atom is 0.258 e. The summed E-state index contributed by atoms with van der Waals surface area (Å²) in [6.45, 7) is 4.07. The van der Waals surface area contributed by atoms with E-state index in [-0.39, 0.29) is 22.4 Å². The molecule has 2 unspecified atom stereocenters. The number of likely N-dealkylation sites (tertiary alicyclic amines) is 1. The summed E-state index contributed by atoms with van der Waals surface area (Å²) in [7, 11) is 3.76. The maximum absolute atomic E-state index is 14.2. The largest absolute Gasteiger partial charge is 0.371 e. The number of benzene rings is 2. The molecule has 2 saturated heterocycles. The second kappa shape index (κ2) is 10.7. The second-order valence-electron chi connectivity index (χ2n) is 9.59. The van der Waals surface area contributed by atoms with E-state index in [1.807, 2.05) is 19.0 Å². The number of hydrogen-bond donors (Lipinski definition) is 1. The average molecular weight is 487 g/mol. The molecule has 0 aromatic heterocycles. The molecule has 0 spiro atoms. The van der Waals surface area contributed by atoms with E-state index in [0.717, 1.165) is 25.9 Å². The van der Waals surface area contributed by atoms with Crippen LogP contribution in [0.5, 0.6) is 0 Å². The first kappa shape index (κ1) is 24.5. The summed E-state index contributed by atoms with van der Waals surface area (Å²) >= 11 is 6.10. The van der Waals surface area contributed by atoms with E-state index in [1.54, 1.807) is 11.0 Å². The molecule has 2 atom stereocenters. The molecule has 1 N–H and O–H groups in total. The van der Waals surface area contributed by atoms with Crippen molar-refractivity contribution in [1.29, 1.82) is 0 Å². The molecule has 2 amide bonds. The Labute approximate surface area is 205 Å². The van der Waals surface area contributed by atoms with E-state index in [4.69, 9.17) is 11.6 Å². The number of fused-ring (bicyclic) bond motifs is 1. The molecule has 4 rings (SSSR count). The second-order valence-corrected chi connectivity index (χ2v) is 10.0. The highest BCUT2D eigenvalue weighted by molar-refractivity contribution is 6.33. The lowest BCUT2D eigenvalue weighted by atomic mass is 10.0. The highest BCUT2D eigenvalue weighted by Gasteiger charge is 2.42.